The molecule has 1 aliphatic rings. The number of anilines is 1. The average Bonchev–Trinajstić information content (AvgIpc) is 3.19. The van der Waals surface area contributed by atoms with Gasteiger partial charge in [-0.2, -0.15) is 0 Å². The van der Waals surface area contributed by atoms with Crippen molar-refractivity contribution in [2.24, 2.45) is 0 Å². The van der Waals surface area contributed by atoms with Crippen molar-refractivity contribution in [1.82, 2.24) is 4.98 Å². The van der Waals surface area contributed by atoms with Crippen LogP contribution in [0.25, 0.3) is 10.2 Å². The van der Waals surface area contributed by atoms with E-state index in [0.29, 0.717) is 23.7 Å². The Kier molecular flexibility index (Phi) is 6.11. The van der Waals surface area contributed by atoms with Crippen LogP contribution in [0.5, 0.6) is 0 Å². The maximum absolute atomic E-state index is 12.7. The highest BCUT2D eigenvalue weighted by molar-refractivity contribution is 7.18. The minimum atomic E-state index is -0.411. The van der Waals surface area contributed by atoms with Crippen LogP contribution in [0, 0.1) is 6.92 Å². The molecule has 1 amide bonds. The number of nitrogens with one attached hydrogen (secondary N) is 2. The fourth-order valence-corrected chi connectivity index (χ4v) is 5.11. The molecule has 1 aromatic heterocycles. The molecule has 0 aliphatic carbocycles. The first-order chi connectivity index (χ1) is 14.5. The highest BCUT2D eigenvalue weighted by atomic mass is 32.1. The number of nitrogens with zero attached hydrogens (tertiary/aromatic N) is 1. The van der Waals surface area contributed by atoms with Crippen molar-refractivity contribution in [2.75, 3.05) is 32.1 Å². The number of fused-ring (bicyclic) bond motifs is 1. The number of rotatable bonds is 5. The number of quaternary nitrogens is 1. The second kappa shape index (κ2) is 8.93. The fourth-order valence-electron chi connectivity index (χ4n) is 4.01. The molecule has 0 saturated carbocycles. The van der Waals surface area contributed by atoms with E-state index in [1.54, 1.807) is 23.5 Å². The maximum Gasteiger partial charge on any atom is 0.337 e. The first-order valence-electron chi connectivity index (χ1n) is 10.2. The molecule has 2 heterocycles. The summed E-state index contributed by atoms with van der Waals surface area (Å²) in [5.74, 6) is -0.0609. The SMILES string of the molecule is COC(=O)c1ccc(C)c(NC(=O)C[NH+]2CCC[C@@H](c3nc4ccccc4s3)C2)c1. The van der Waals surface area contributed by atoms with Gasteiger partial charge in [0.05, 0.1) is 41.9 Å². The van der Waals surface area contributed by atoms with E-state index in [-0.39, 0.29) is 5.91 Å². The van der Waals surface area contributed by atoms with Gasteiger partial charge in [-0.1, -0.05) is 18.2 Å². The number of piperidine rings is 1. The Labute approximate surface area is 179 Å². The number of carbonyl (C=O) groups excluding carboxylic acids is 2. The zero-order chi connectivity index (χ0) is 21.1. The van der Waals surface area contributed by atoms with Crippen LogP contribution in [0.3, 0.4) is 0 Å². The normalized spacial score (nSPS) is 18.9. The number of aryl methyl sites for hydroxylation is 1. The number of carbonyl (C=O) groups is 2. The van der Waals surface area contributed by atoms with Crippen molar-refractivity contribution in [3.63, 3.8) is 0 Å². The molecule has 0 bridgehead atoms. The van der Waals surface area contributed by atoms with Crippen molar-refractivity contribution in [3.05, 3.63) is 58.6 Å². The molecule has 1 fully saturated rings. The quantitative estimate of drug-likeness (QED) is 0.618. The fraction of sp³-hybridized carbons (Fsp3) is 0.348. The number of esters is 1. The number of likely N-dealkylation sites (tertiary alicyclic amines) is 1. The van der Waals surface area contributed by atoms with Gasteiger partial charge in [0.1, 0.15) is 5.01 Å². The van der Waals surface area contributed by atoms with Gasteiger partial charge in [-0.15, -0.1) is 11.3 Å². The summed E-state index contributed by atoms with van der Waals surface area (Å²) in [4.78, 5) is 30.6. The van der Waals surface area contributed by atoms with Crippen molar-refractivity contribution in [2.45, 2.75) is 25.7 Å². The molecule has 156 valence electrons. The molecule has 1 unspecified atom stereocenters. The molecule has 2 atom stereocenters. The topological polar surface area (TPSA) is 72.7 Å². The van der Waals surface area contributed by atoms with Crippen LogP contribution in [0.4, 0.5) is 5.69 Å². The standard InChI is InChI=1S/C23H25N3O3S/c1-15-9-10-16(23(28)29-2)12-19(15)24-21(27)14-26-11-5-6-17(13-26)22-25-18-7-3-4-8-20(18)30-22/h3-4,7-10,12,17H,5-6,11,13-14H2,1-2H3,(H,24,27)/p+1/t17-/m1/s1. The number of para-hydroxylation sites is 1. The van der Waals surface area contributed by atoms with Crippen LogP contribution < -0.4 is 10.2 Å². The zero-order valence-electron chi connectivity index (χ0n) is 17.2. The summed E-state index contributed by atoms with van der Waals surface area (Å²) >= 11 is 1.77. The second-order valence-corrected chi connectivity index (χ2v) is 8.87. The van der Waals surface area contributed by atoms with E-state index in [1.807, 2.05) is 25.1 Å². The second-order valence-electron chi connectivity index (χ2n) is 7.81. The molecule has 2 N–H and O–H groups in total. The summed E-state index contributed by atoms with van der Waals surface area (Å²) in [6.07, 6.45) is 2.20. The van der Waals surface area contributed by atoms with E-state index in [0.717, 1.165) is 37.0 Å². The van der Waals surface area contributed by atoms with Crippen LogP contribution in [-0.4, -0.2) is 43.6 Å². The molecule has 2 aromatic carbocycles. The molecular weight excluding hydrogens is 398 g/mol. The summed E-state index contributed by atoms with van der Waals surface area (Å²) in [7, 11) is 1.35. The first kappa shape index (κ1) is 20.5. The molecule has 4 rings (SSSR count). The molecule has 6 nitrogen and oxygen atoms in total. The molecule has 1 saturated heterocycles. The van der Waals surface area contributed by atoms with E-state index < -0.39 is 5.97 Å². The number of aromatic nitrogens is 1. The van der Waals surface area contributed by atoms with Gasteiger partial charge in [0.25, 0.3) is 5.91 Å². The Balaban J connectivity index is 1.40. The Hall–Kier alpha value is -2.77. The average molecular weight is 425 g/mol. The maximum atomic E-state index is 12.7. The third-order valence-electron chi connectivity index (χ3n) is 5.62. The lowest BCUT2D eigenvalue weighted by atomic mass is 9.99. The summed E-state index contributed by atoms with van der Waals surface area (Å²) in [5, 5.41) is 4.15. The number of thiazole rings is 1. The number of hydrogen-bond acceptors (Lipinski definition) is 5. The van der Waals surface area contributed by atoms with Gasteiger partial charge in [0.15, 0.2) is 6.54 Å². The molecule has 3 aromatic rings. The number of hydrogen-bond donors (Lipinski definition) is 2. The highest BCUT2D eigenvalue weighted by Crippen LogP contribution is 2.30. The number of methoxy groups -OCH3 is 1. The molecule has 30 heavy (non-hydrogen) atoms. The summed E-state index contributed by atoms with van der Waals surface area (Å²) in [6.45, 7) is 4.21. The van der Waals surface area contributed by atoms with E-state index >= 15 is 0 Å². The predicted octanol–water partition coefficient (Wildman–Crippen LogP) is 2.79. The highest BCUT2D eigenvalue weighted by Gasteiger charge is 2.28. The van der Waals surface area contributed by atoms with Crippen molar-refractivity contribution < 1.29 is 19.2 Å². The van der Waals surface area contributed by atoms with E-state index in [9.17, 15) is 9.59 Å². The van der Waals surface area contributed by atoms with Gasteiger partial charge in [0, 0.05) is 5.69 Å². The molecule has 1 aliphatic heterocycles. The zero-order valence-corrected chi connectivity index (χ0v) is 18.1. The van der Waals surface area contributed by atoms with Gasteiger partial charge in [-0.3, -0.25) is 4.79 Å². The molecule has 0 spiro atoms. The lowest BCUT2D eigenvalue weighted by Gasteiger charge is -2.28. The van der Waals surface area contributed by atoms with Crippen molar-refractivity contribution >= 4 is 39.1 Å². The predicted molar refractivity (Wildman–Crippen MR) is 118 cm³/mol. The minimum absolute atomic E-state index is 0.0416. The van der Waals surface area contributed by atoms with Gasteiger partial charge in [-0.25, -0.2) is 9.78 Å². The van der Waals surface area contributed by atoms with Gasteiger partial charge < -0.3 is 15.0 Å². The van der Waals surface area contributed by atoms with Crippen LogP contribution in [0.2, 0.25) is 0 Å². The van der Waals surface area contributed by atoms with Crippen molar-refractivity contribution in [1.29, 1.82) is 0 Å². The monoisotopic (exact) mass is 424 g/mol. The first-order valence-corrected chi connectivity index (χ1v) is 11.0. The van der Waals surface area contributed by atoms with Gasteiger partial charge >= 0.3 is 5.97 Å². The smallest absolute Gasteiger partial charge is 0.337 e. The number of benzene rings is 2. The molecule has 7 heteroatoms. The molecule has 0 radical (unpaired) electrons. The molecular formula is C23H26N3O3S+. The lowest BCUT2D eigenvalue weighted by molar-refractivity contribution is -0.898. The van der Waals surface area contributed by atoms with Crippen LogP contribution in [-0.2, 0) is 9.53 Å². The van der Waals surface area contributed by atoms with E-state index in [2.05, 4.69) is 17.4 Å². The van der Waals surface area contributed by atoms with E-state index in [1.165, 1.54) is 21.7 Å². The summed E-state index contributed by atoms with van der Waals surface area (Å²) in [6, 6.07) is 13.4. The Morgan fingerprint density at radius 3 is 2.90 bits per heavy atom. The third kappa shape index (κ3) is 4.52. The van der Waals surface area contributed by atoms with E-state index in [4.69, 9.17) is 9.72 Å². The summed E-state index contributed by atoms with van der Waals surface area (Å²) in [5.41, 5.74) is 3.06. The Bertz CT molecular complexity index is 1050. The van der Waals surface area contributed by atoms with Crippen LogP contribution in [0.1, 0.15) is 39.7 Å². The Morgan fingerprint density at radius 2 is 2.10 bits per heavy atom. The minimum Gasteiger partial charge on any atom is -0.465 e. The summed E-state index contributed by atoms with van der Waals surface area (Å²) < 4.78 is 5.99. The van der Waals surface area contributed by atoms with Crippen molar-refractivity contribution in [3.8, 4) is 0 Å². The Morgan fingerprint density at radius 1 is 1.27 bits per heavy atom. The number of ether oxygens (including phenoxy) is 1. The van der Waals surface area contributed by atoms with Gasteiger partial charge in [-0.05, 0) is 49.6 Å². The lowest BCUT2D eigenvalue weighted by Crippen LogP contribution is -3.14. The largest absolute Gasteiger partial charge is 0.465 e. The third-order valence-corrected chi connectivity index (χ3v) is 6.82. The van der Waals surface area contributed by atoms with Gasteiger partial charge in [0.2, 0.25) is 0 Å². The van der Waals surface area contributed by atoms with Crippen LogP contribution >= 0.6 is 11.3 Å². The number of amides is 1. The van der Waals surface area contributed by atoms with Crippen LogP contribution in [0.15, 0.2) is 42.5 Å².